The van der Waals surface area contributed by atoms with Gasteiger partial charge in [-0.2, -0.15) is 0 Å². The molecule has 14 atom stereocenters. The van der Waals surface area contributed by atoms with E-state index in [0.717, 1.165) is 44.1 Å². The van der Waals surface area contributed by atoms with Crippen LogP contribution >= 0.6 is 0 Å². The number of rotatable bonds is 62. The maximum absolute atomic E-state index is 14.5. The number of aliphatic hydroxyl groups excluding tert-OH is 9. The van der Waals surface area contributed by atoms with Gasteiger partial charge in [-0.05, 0) is 0 Å². The number of aliphatic carboxylic acids is 12. The molecule has 2 heterocycles. The minimum Gasteiger partial charge on any atom is -0.480 e. The van der Waals surface area contributed by atoms with Crippen LogP contribution in [0.4, 0.5) is 0 Å². The van der Waals surface area contributed by atoms with Crippen LogP contribution in [0.15, 0.2) is 0 Å². The third kappa shape index (κ3) is 39.1. The number of nitrogens with one attached hydrogen (secondary N) is 3. The topological polar surface area (TPSA) is 783 Å². The molecule has 0 aliphatic carbocycles. The normalized spacial score (nSPS) is 21.1. The summed E-state index contributed by atoms with van der Waals surface area (Å²) in [5, 5.41) is 222. The Balaban J connectivity index is 2.78. The second-order valence-electron chi connectivity index (χ2n) is 25.7. The number of aliphatic hydroxyl groups is 9. The van der Waals surface area contributed by atoms with E-state index in [-0.39, 0.29) is 45.8 Å². The summed E-state index contributed by atoms with van der Waals surface area (Å²) in [7, 11) is 0. The van der Waals surface area contributed by atoms with Crippen LogP contribution in [0.5, 0.6) is 0 Å². The van der Waals surface area contributed by atoms with Gasteiger partial charge in [0.15, 0.2) is 12.6 Å². The molecular formula is C60H100N12O40. The molecule has 0 unspecified atom stereocenters. The molecule has 52 nitrogen and oxygen atoms in total. The molecule has 640 valence electrons. The van der Waals surface area contributed by atoms with Crippen molar-refractivity contribution >= 4 is 89.4 Å². The summed E-state index contributed by atoms with van der Waals surface area (Å²) in [5.74, 6) is -21.6. The summed E-state index contributed by atoms with van der Waals surface area (Å²) in [5.41, 5.74) is 0. The minimum atomic E-state index is -2.52. The van der Waals surface area contributed by atoms with E-state index in [1.165, 1.54) is 0 Å². The monoisotopic (exact) mass is 1630 g/mol. The summed E-state index contributed by atoms with van der Waals surface area (Å²) >= 11 is 0. The summed E-state index contributed by atoms with van der Waals surface area (Å²) in [6.07, 6.45) is -25.3. The summed E-state index contributed by atoms with van der Waals surface area (Å²) in [6, 6.07) is -6.50. The molecule has 112 heavy (non-hydrogen) atoms. The van der Waals surface area contributed by atoms with Gasteiger partial charge in [0.1, 0.15) is 67.0 Å². The largest absolute Gasteiger partial charge is 0.480 e. The Kier molecular flexibility index (Phi) is 45.2. The van der Waals surface area contributed by atoms with E-state index in [1.807, 2.05) is 0 Å². The maximum Gasteiger partial charge on any atom is 0.317 e. The second-order valence-corrected chi connectivity index (χ2v) is 25.7. The quantitative estimate of drug-likeness (QED) is 0.0269. The first-order chi connectivity index (χ1) is 52.5. The molecule has 0 aromatic heterocycles. The third-order valence-corrected chi connectivity index (χ3v) is 16.6. The van der Waals surface area contributed by atoms with Crippen LogP contribution in [0.25, 0.3) is 0 Å². The van der Waals surface area contributed by atoms with Gasteiger partial charge in [0.25, 0.3) is 0 Å². The third-order valence-electron chi connectivity index (χ3n) is 16.6. The van der Waals surface area contributed by atoms with Crippen molar-refractivity contribution in [2.75, 3.05) is 203 Å². The number of amides is 3. The molecule has 24 N–H and O–H groups in total. The van der Waals surface area contributed by atoms with E-state index in [4.69, 9.17) is 18.9 Å². The Morgan fingerprint density at radius 2 is 0.580 bits per heavy atom. The van der Waals surface area contributed by atoms with E-state index in [9.17, 15) is 179 Å². The van der Waals surface area contributed by atoms with Crippen LogP contribution in [-0.4, -0.2) is 529 Å². The van der Waals surface area contributed by atoms with Gasteiger partial charge in [-0.15, -0.1) is 0 Å². The maximum atomic E-state index is 14.5. The fraction of sp³-hybridized carbons (Fsp3) is 0.750. The first kappa shape index (κ1) is 99.2. The van der Waals surface area contributed by atoms with Crippen molar-refractivity contribution in [2.24, 2.45) is 0 Å². The van der Waals surface area contributed by atoms with Crippen molar-refractivity contribution in [1.29, 1.82) is 0 Å². The fourth-order valence-corrected chi connectivity index (χ4v) is 11.5. The molecule has 0 bridgehead atoms. The first-order valence-corrected chi connectivity index (χ1v) is 33.9. The Labute approximate surface area is 634 Å². The number of ether oxygens (including phenoxy) is 4. The standard InChI is InChI=1S/C60H100N12O40/c73-28-32(61-36(78)13-67(19-42(87)88)7-1-64(16-39(81)82)4-10-70(22-45(93)94)23-46(95)96)53(105)57(33(77)29-74)111-60-52(63-38(80)15-69(21-44(91)92)9-3-66(18-41(85)86)6-12-72(26-49(101)102)27-50(103)104)56(108)58(35(31-76)110-60)112-59-51(55(107)54(106)34(30-75)109-59)62-37(79)14-68(20-43(89)90)8-2-65(17-40(83)84)5-11-71(24-47(97)98)25-48(99)100/h32-35,51-60,73-77,105-108H,1-31H2,(H,61,78)(H,62,79)(H,63,80)(H,81,82)(H,83,84)(H,85,86)(H,87,88)(H,89,90)(H,91,92)(H,93,94)(H,95,96)(H,97,98)(H,99,100)(H,101,102)(H,103,104)/t32-,33+,34+,35+,51+,52+,53+,54+,55+,56+,57+,58+,59-,60-/m0/s1. The Morgan fingerprint density at radius 1 is 0.321 bits per heavy atom. The molecule has 52 heteroatoms. The lowest BCUT2D eigenvalue weighted by atomic mass is 9.94. The Hall–Kier alpha value is -8.83. The SMILES string of the molecule is O=C(O)CN(CCN(CC(=O)O)CC(=O)O)CCN(CC(=O)O)CC(=O)N[C@H]1[C@H](O[C@@H]([C@H](O)[C@H](CO)NC(=O)CN(CCN(CCN(CC(=O)O)CC(=O)O)CC(=O)O)CC(=O)O)[C@H](O)CO)O[C@H](CO)[C@@H](O[C@@H]2O[C@H](CO)[C@@H](O)[C@H](O)[C@H]2NC(=O)CN(CCN(CCN(CC(=O)O)CC(=O)O)CC(=O)O)CC(=O)O)[C@@H]1O. The predicted octanol–water partition coefficient (Wildman–Crippen LogP) is -15.8. The minimum absolute atomic E-state index is 0.314. The van der Waals surface area contributed by atoms with E-state index in [2.05, 4.69) is 16.0 Å². The highest BCUT2D eigenvalue weighted by atomic mass is 16.7. The molecule has 2 saturated heterocycles. The van der Waals surface area contributed by atoms with Crippen LogP contribution in [-0.2, 0) is 90.9 Å². The number of carbonyl (C=O) groups is 15. The number of carboxylic acid groups (broad SMARTS) is 12. The van der Waals surface area contributed by atoms with Gasteiger partial charge in [-0.1, -0.05) is 0 Å². The van der Waals surface area contributed by atoms with Crippen molar-refractivity contribution in [3.05, 3.63) is 0 Å². The highest BCUT2D eigenvalue weighted by Gasteiger charge is 2.54. The molecule has 3 amide bonds. The number of carbonyl (C=O) groups excluding carboxylic acids is 3. The van der Waals surface area contributed by atoms with Crippen LogP contribution in [0.3, 0.4) is 0 Å². The zero-order chi connectivity index (χ0) is 84.8. The summed E-state index contributed by atoms with van der Waals surface area (Å²) in [4.78, 5) is 192. The zero-order valence-electron chi connectivity index (χ0n) is 60.2. The van der Waals surface area contributed by atoms with Crippen molar-refractivity contribution in [3.63, 3.8) is 0 Å². The van der Waals surface area contributed by atoms with E-state index in [0.29, 0.717) is 0 Å². The predicted molar refractivity (Wildman–Crippen MR) is 361 cm³/mol. The molecule has 0 spiro atoms. The van der Waals surface area contributed by atoms with Crippen LogP contribution in [0, 0.1) is 0 Å². The van der Waals surface area contributed by atoms with Gasteiger partial charge in [0.2, 0.25) is 17.7 Å². The molecule has 0 aromatic carbocycles. The number of carboxylic acids is 12. The number of nitrogens with zero attached hydrogens (tertiary/aromatic N) is 9. The van der Waals surface area contributed by atoms with E-state index in [1.54, 1.807) is 0 Å². The van der Waals surface area contributed by atoms with E-state index < -0.39 is 332 Å². The zero-order valence-corrected chi connectivity index (χ0v) is 60.2. The highest BCUT2D eigenvalue weighted by Crippen LogP contribution is 2.31. The summed E-state index contributed by atoms with van der Waals surface area (Å²) in [6.45, 7) is -23.2. The van der Waals surface area contributed by atoms with E-state index >= 15 is 0 Å². The van der Waals surface area contributed by atoms with Gasteiger partial charge in [0.05, 0.1) is 131 Å². The van der Waals surface area contributed by atoms with Crippen molar-refractivity contribution in [1.82, 2.24) is 60.0 Å². The molecular weight excluding hydrogens is 1530 g/mol. The average molecular weight is 1630 g/mol. The van der Waals surface area contributed by atoms with Crippen molar-refractivity contribution < 1.29 is 198 Å². The number of hydrogen-bond acceptors (Lipinski definition) is 37. The lowest BCUT2D eigenvalue weighted by molar-refractivity contribution is -0.341. The van der Waals surface area contributed by atoms with Gasteiger partial charge < -0.3 is 142 Å². The number of hydrogen-bond donors (Lipinski definition) is 24. The molecule has 0 aromatic rings. The lowest BCUT2D eigenvalue weighted by Gasteiger charge is -2.49. The summed E-state index contributed by atoms with van der Waals surface area (Å²) < 4.78 is 23.8. The Bertz CT molecular complexity index is 3050. The molecule has 0 radical (unpaired) electrons. The molecule has 0 saturated carbocycles. The van der Waals surface area contributed by atoms with Crippen LogP contribution < -0.4 is 16.0 Å². The molecule has 2 aliphatic heterocycles. The Morgan fingerprint density at radius 3 is 0.857 bits per heavy atom. The molecule has 2 aliphatic rings. The smallest absolute Gasteiger partial charge is 0.317 e. The lowest BCUT2D eigenvalue weighted by Crippen LogP contribution is -2.70. The van der Waals surface area contributed by atoms with Crippen LogP contribution in [0.2, 0.25) is 0 Å². The van der Waals surface area contributed by atoms with Gasteiger partial charge in [-0.3, -0.25) is 116 Å². The van der Waals surface area contributed by atoms with Gasteiger partial charge >= 0.3 is 71.6 Å². The molecule has 2 rings (SSSR count). The van der Waals surface area contributed by atoms with Crippen LogP contribution in [0.1, 0.15) is 0 Å². The molecule has 2 fully saturated rings. The van der Waals surface area contributed by atoms with Gasteiger partial charge in [-0.25, -0.2) is 0 Å². The second kappa shape index (κ2) is 51.0. The fourth-order valence-electron chi connectivity index (χ4n) is 11.5. The first-order valence-electron chi connectivity index (χ1n) is 33.9. The van der Waals surface area contributed by atoms with Crippen molar-refractivity contribution in [2.45, 2.75) is 85.6 Å². The van der Waals surface area contributed by atoms with Crippen molar-refractivity contribution in [3.8, 4) is 0 Å². The average Bonchev–Trinajstić information content (AvgIpc) is 0.773. The highest BCUT2D eigenvalue weighted by molar-refractivity contribution is 5.81. The van der Waals surface area contributed by atoms with Gasteiger partial charge in [0, 0.05) is 78.5 Å².